The largest absolute Gasteiger partial charge is 0.374 e. The maximum absolute atomic E-state index is 5.60. The molecule has 3 rings (SSSR count). The van der Waals surface area contributed by atoms with Gasteiger partial charge in [0.05, 0.1) is 24.9 Å². The molecule has 0 aromatic carbocycles. The molecule has 16 heavy (non-hydrogen) atoms. The topological polar surface area (TPSA) is 62.3 Å². The van der Waals surface area contributed by atoms with Gasteiger partial charge >= 0.3 is 0 Å². The molecule has 88 valence electrons. The van der Waals surface area contributed by atoms with Crippen molar-refractivity contribution in [2.45, 2.75) is 29.5 Å². The van der Waals surface area contributed by atoms with Gasteiger partial charge in [-0.1, -0.05) is 0 Å². The lowest BCUT2D eigenvalue weighted by molar-refractivity contribution is -0.206. The van der Waals surface area contributed by atoms with E-state index in [0.29, 0.717) is 19.3 Å². The second-order valence-electron chi connectivity index (χ2n) is 4.35. The minimum absolute atomic E-state index is 0.302. The van der Waals surface area contributed by atoms with Crippen LogP contribution >= 0.6 is 11.9 Å². The lowest BCUT2D eigenvalue weighted by Crippen LogP contribution is -2.49. The third-order valence-electron chi connectivity index (χ3n) is 3.25. The number of rotatable bonds is 4. The van der Waals surface area contributed by atoms with Gasteiger partial charge in [0.15, 0.2) is 5.60 Å². The summed E-state index contributed by atoms with van der Waals surface area (Å²) in [6.45, 7) is 1.22. The molecule has 2 N–H and O–H groups in total. The van der Waals surface area contributed by atoms with Gasteiger partial charge in [-0.2, -0.15) is 5.10 Å². The molecule has 0 unspecified atom stereocenters. The van der Waals surface area contributed by atoms with Crippen LogP contribution in [0.15, 0.2) is 11.1 Å². The van der Waals surface area contributed by atoms with Gasteiger partial charge in [0.2, 0.25) is 0 Å². The molecule has 1 saturated heterocycles. The van der Waals surface area contributed by atoms with Gasteiger partial charge < -0.3 is 9.47 Å². The molecule has 1 saturated carbocycles. The van der Waals surface area contributed by atoms with Gasteiger partial charge in [0.1, 0.15) is 5.03 Å². The quantitative estimate of drug-likeness (QED) is 0.798. The first-order chi connectivity index (χ1) is 7.79. The number of hydrogen-bond donors (Lipinski definition) is 1. The molecule has 1 aliphatic heterocycles. The first kappa shape index (κ1) is 10.6. The fourth-order valence-electron chi connectivity index (χ4n) is 2.03. The third-order valence-corrected chi connectivity index (χ3v) is 3.70. The molecular formula is C10H15N3O2S. The predicted molar refractivity (Wildman–Crippen MR) is 60.0 cm³/mol. The van der Waals surface area contributed by atoms with Crippen LogP contribution in [0.25, 0.3) is 0 Å². The number of nitrogens with zero attached hydrogens (tertiary/aromatic N) is 2. The van der Waals surface area contributed by atoms with Gasteiger partial charge in [0, 0.05) is 7.11 Å². The summed E-state index contributed by atoms with van der Waals surface area (Å²) >= 11 is 1.18. The number of ether oxygens (including phenoxy) is 2. The monoisotopic (exact) mass is 241 g/mol. The summed E-state index contributed by atoms with van der Waals surface area (Å²) in [4.78, 5) is 0. The Kier molecular flexibility index (Phi) is 2.47. The minimum atomic E-state index is -0.302. The van der Waals surface area contributed by atoms with E-state index >= 15 is 0 Å². The van der Waals surface area contributed by atoms with Crippen LogP contribution in [-0.4, -0.2) is 30.1 Å². The van der Waals surface area contributed by atoms with Crippen LogP contribution < -0.4 is 5.14 Å². The molecule has 6 heteroatoms. The van der Waals surface area contributed by atoms with E-state index < -0.39 is 0 Å². The Labute approximate surface area is 98.4 Å². The number of methoxy groups -OCH3 is 1. The maximum Gasteiger partial charge on any atom is 0.155 e. The lowest BCUT2D eigenvalue weighted by Gasteiger charge is -2.40. The van der Waals surface area contributed by atoms with Crippen molar-refractivity contribution in [3.63, 3.8) is 0 Å². The van der Waals surface area contributed by atoms with Crippen molar-refractivity contribution < 1.29 is 9.47 Å². The Morgan fingerprint density at radius 2 is 2.38 bits per heavy atom. The number of nitrogens with two attached hydrogens (primary N) is 1. The van der Waals surface area contributed by atoms with Crippen LogP contribution in [0.4, 0.5) is 0 Å². The summed E-state index contributed by atoms with van der Waals surface area (Å²) in [5.74, 6) is 0. The van der Waals surface area contributed by atoms with Crippen molar-refractivity contribution in [2.75, 3.05) is 20.3 Å². The molecule has 2 heterocycles. The summed E-state index contributed by atoms with van der Waals surface area (Å²) in [7, 11) is 1.72. The van der Waals surface area contributed by atoms with Gasteiger partial charge in [0.25, 0.3) is 0 Å². The van der Waals surface area contributed by atoms with E-state index in [-0.39, 0.29) is 5.60 Å². The third kappa shape index (κ3) is 1.48. The second-order valence-corrected chi connectivity index (χ2v) is 5.01. The molecule has 0 amide bonds. The van der Waals surface area contributed by atoms with Gasteiger partial charge in [-0.3, -0.25) is 9.82 Å². The van der Waals surface area contributed by atoms with E-state index in [1.165, 1.54) is 24.8 Å². The standard InChI is InChI=1S/C10H15N3O2S/c1-14-10(5-15-6-10)8-4-9(16-11)12-13(8)7-2-3-7/h4,7H,2-3,5-6,11H2,1H3. The fraction of sp³-hybridized carbons (Fsp3) is 0.700. The number of hydrogen-bond acceptors (Lipinski definition) is 5. The average molecular weight is 241 g/mol. The summed E-state index contributed by atoms with van der Waals surface area (Å²) in [6, 6.07) is 2.55. The molecule has 0 spiro atoms. The molecule has 2 aliphatic rings. The number of aromatic nitrogens is 2. The Hall–Kier alpha value is -0.560. The lowest BCUT2D eigenvalue weighted by atomic mass is 9.97. The van der Waals surface area contributed by atoms with Crippen molar-refractivity contribution in [3.05, 3.63) is 11.8 Å². The second kappa shape index (κ2) is 3.73. The summed E-state index contributed by atoms with van der Waals surface area (Å²) < 4.78 is 12.9. The SMILES string of the molecule is COC1(c2cc(SN)nn2C2CC2)COC1. The van der Waals surface area contributed by atoms with Crippen LogP contribution in [0.5, 0.6) is 0 Å². The van der Waals surface area contributed by atoms with Gasteiger partial charge in [-0.05, 0) is 30.9 Å². The summed E-state index contributed by atoms with van der Waals surface area (Å²) in [5, 5.41) is 10.9. The Morgan fingerprint density at radius 3 is 2.81 bits per heavy atom. The molecule has 1 aromatic heterocycles. The van der Waals surface area contributed by atoms with Crippen molar-refractivity contribution in [3.8, 4) is 0 Å². The highest BCUT2D eigenvalue weighted by Gasteiger charge is 2.45. The Morgan fingerprint density at radius 1 is 1.62 bits per heavy atom. The molecule has 0 atom stereocenters. The van der Waals surface area contributed by atoms with E-state index in [1.54, 1.807) is 7.11 Å². The van der Waals surface area contributed by atoms with Crippen molar-refractivity contribution in [1.29, 1.82) is 0 Å². The molecule has 0 radical (unpaired) electrons. The van der Waals surface area contributed by atoms with Gasteiger partial charge in [-0.15, -0.1) is 0 Å². The zero-order valence-electron chi connectivity index (χ0n) is 9.18. The van der Waals surface area contributed by atoms with Crippen LogP contribution in [-0.2, 0) is 15.1 Å². The predicted octanol–water partition coefficient (Wildman–Crippen LogP) is 1.06. The normalized spacial score (nSPS) is 23.1. The highest BCUT2D eigenvalue weighted by Crippen LogP contribution is 2.42. The van der Waals surface area contributed by atoms with Crippen molar-refractivity contribution in [1.82, 2.24) is 9.78 Å². The smallest absolute Gasteiger partial charge is 0.155 e. The molecule has 2 fully saturated rings. The molecular weight excluding hydrogens is 226 g/mol. The van der Waals surface area contributed by atoms with Crippen molar-refractivity contribution >= 4 is 11.9 Å². The molecule has 1 aliphatic carbocycles. The van der Waals surface area contributed by atoms with E-state index in [2.05, 4.69) is 9.78 Å². The highest BCUT2D eigenvalue weighted by atomic mass is 32.2. The average Bonchev–Trinajstić information content (AvgIpc) is 2.99. The minimum Gasteiger partial charge on any atom is -0.374 e. The van der Waals surface area contributed by atoms with E-state index in [4.69, 9.17) is 14.6 Å². The first-order valence-corrected chi connectivity index (χ1v) is 6.27. The molecule has 0 bridgehead atoms. The van der Waals surface area contributed by atoms with E-state index in [1.807, 2.05) is 6.07 Å². The van der Waals surface area contributed by atoms with E-state index in [9.17, 15) is 0 Å². The molecule has 1 aromatic rings. The van der Waals surface area contributed by atoms with Gasteiger partial charge in [-0.25, -0.2) is 0 Å². The van der Waals surface area contributed by atoms with Crippen LogP contribution in [0.3, 0.4) is 0 Å². The zero-order valence-corrected chi connectivity index (χ0v) is 10.00. The highest BCUT2D eigenvalue weighted by molar-refractivity contribution is 7.97. The summed E-state index contributed by atoms with van der Waals surface area (Å²) in [6.07, 6.45) is 2.40. The van der Waals surface area contributed by atoms with E-state index in [0.717, 1.165) is 10.7 Å². The van der Waals surface area contributed by atoms with Crippen LogP contribution in [0.2, 0.25) is 0 Å². The first-order valence-electron chi connectivity index (χ1n) is 5.39. The fourth-order valence-corrected chi connectivity index (χ4v) is 2.34. The van der Waals surface area contributed by atoms with Crippen LogP contribution in [0.1, 0.15) is 24.6 Å². The van der Waals surface area contributed by atoms with Crippen LogP contribution in [0, 0.1) is 0 Å². The summed E-state index contributed by atoms with van der Waals surface area (Å²) in [5.41, 5.74) is 0.806. The van der Waals surface area contributed by atoms with Crippen molar-refractivity contribution in [2.24, 2.45) is 5.14 Å². The Balaban J connectivity index is 2.00. The Bertz CT molecular complexity index is 393. The molecule has 5 nitrogen and oxygen atoms in total. The maximum atomic E-state index is 5.60. The zero-order chi connectivity index (χ0) is 11.2.